The van der Waals surface area contributed by atoms with E-state index in [0.29, 0.717) is 16.9 Å². The minimum atomic E-state index is -0.248. The fraction of sp³-hybridized carbons (Fsp3) is 0. The van der Waals surface area contributed by atoms with Crippen LogP contribution in [0.4, 0.5) is 15.8 Å². The first-order valence-electron chi connectivity index (χ1n) is 6.65. The first-order chi connectivity index (χ1) is 10.6. The fourth-order valence-corrected chi connectivity index (χ4v) is 2.80. The molecule has 1 aromatic heterocycles. The number of nitrogens with one attached hydrogen (secondary N) is 1. The highest BCUT2D eigenvalue weighted by Crippen LogP contribution is 2.31. The van der Waals surface area contributed by atoms with Crippen LogP contribution in [0.3, 0.4) is 0 Å². The first kappa shape index (κ1) is 14.3. The lowest BCUT2D eigenvalue weighted by atomic mass is 10.1. The van der Waals surface area contributed by atoms with Gasteiger partial charge in [0.05, 0.1) is 11.4 Å². The summed E-state index contributed by atoms with van der Waals surface area (Å²) in [6.45, 7) is 0. The summed E-state index contributed by atoms with van der Waals surface area (Å²) in [7, 11) is 0. The number of nitrogen functional groups attached to an aromatic ring is 1. The Balaban J connectivity index is 1.89. The maximum absolute atomic E-state index is 13.1. The van der Waals surface area contributed by atoms with Crippen molar-refractivity contribution in [3.63, 3.8) is 0 Å². The predicted octanol–water partition coefficient (Wildman–Crippen LogP) is 4.39. The van der Waals surface area contributed by atoms with Crippen LogP contribution in [-0.4, -0.2) is 5.91 Å². The zero-order chi connectivity index (χ0) is 15.5. The molecule has 22 heavy (non-hydrogen) atoms. The van der Waals surface area contributed by atoms with Crippen molar-refractivity contribution in [3.8, 4) is 10.4 Å². The Morgan fingerprint density at radius 1 is 1.05 bits per heavy atom. The molecule has 0 aliphatic heterocycles. The molecular formula is C17H13FN2OS. The van der Waals surface area contributed by atoms with E-state index in [0.717, 1.165) is 21.8 Å². The van der Waals surface area contributed by atoms with E-state index >= 15 is 0 Å². The number of rotatable bonds is 3. The molecule has 0 bridgehead atoms. The Hall–Kier alpha value is -2.66. The van der Waals surface area contributed by atoms with Gasteiger partial charge in [0.2, 0.25) is 0 Å². The van der Waals surface area contributed by atoms with E-state index in [1.54, 1.807) is 48.5 Å². The van der Waals surface area contributed by atoms with Gasteiger partial charge in [0.15, 0.2) is 5.13 Å². The Morgan fingerprint density at radius 3 is 2.50 bits per heavy atom. The standard InChI is InChI=1S/C17H13FN2OS/c18-16-9-8-15(22-16)12-6-7-13(19)14(10-12)20-17(21)11-4-2-1-3-5-11/h1-10H,19H2,(H,20,21). The van der Waals surface area contributed by atoms with Crippen LogP contribution >= 0.6 is 11.3 Å². The van der Waals surface area contributed by atoms with Gasteiger partial charge < -0.3 is 11.1 Å². The molecule has 1 heterocycles. The van der Waals surface area contributed by atoms with Gasteiger partial charge in [-0.15, -0.1) is 11.3 Å². The number of carbonyl (C=O) groups excluding carboxylic acids is 1. The topological polar surface area (TPSA) is 55.1 Å². The quantitative estimate of drug-likeness (QED) is 0.705. The minimum Gasteiger partial charge on any atom is -0.397 e. The Morgan fingerprint density at radius 2 is 1.82 bits per heavy atom. The van der Waals surface area contributed by atoms with Crippen LogP contribution in [0, 0.1) is 5.13 Å². The summed E-state index contributed by atoms with van der Waals surface area (Å²) >= 11 is 1.05. The van der Waals surface area contributed by atoms with Crippen LogP contribution in [0.5, 0.6) is 0 Å². The number of hydrogen-bond acceptors (Lipinski definition) is 3. The molecule has 3 N–H and O–H groups in total. The average Bonchev–Trinajstić information content (AvgIpc) is 2.97. The fourth-order valence-electron chi connectivity index (χ4n) is 2.07. The summed E-state index contributed by atoms with van der Waals surface area (Å²) in [4.78, 5) is 13.0. The second-order valence-corrected chi connectivity index (χ2v) is 5.76. The largest absolute Gasteiger partial charge is 0.397 e. The van der Waals surface area contributed by atoms with Gasteiger partial charge in [0.1, 0.15) is 0 Å². The summed E-state index contributed by atoms with van der Waals surface area (Å²) in [5.74, 6) is -0.234. The third kappa shape index (κ3) is 2.99. The van der Waals surface area contributed by atoms with Crippen molar-refractivity contribution in [3.05, 3.63) is 71.4 Å². The molecule has 3 rings (SSSR count). The number of amides is 1. The number of hydrogen-bond donors (Lipinski definition) is 2. The van der Waals surface area contributed by atoms with Gasteiger partial charge in [-0.2, -0.15) is 4.39 Å². The van der Waals surface area contributed by atoms with E-state index < -0.39 is 0 Å². The second-order valence-electron chi connectivity index (χ2n) is 4.73. The monoisotopic (exact) mass is 312 g/mol. The lowest BCUT2D eigenvalue weighted by Crippen LogP contribution is -2.13. The highest BCUT2D eigenvalue weighted by Gasteiger charge is 2.10. The van der Waals surface area contributed by atoms with Gasteiger partial charge in [-0.3, -0.25) is 4.79 Å². The van der Waals surface area contributed by atoms with Crippen molar-refractivity contribution in [1.82, 2.24) is 0 Å². The van der Waals surface area contributed by atoms with Crippen molar-refractivity contribution >= 4 is 28.6 Å². The van der Waals surface area contributed by atoms with E-state index in [4.69, 9.17) is 5.73 Å². The molecule has 0 aliphatic carbocycles. The first-order valence-corrected chi connectivity index (χ1v) is 7.47. The van der Waals surface area contributed by atoms with Gasteiger partial charge in [-0.05, 0) is 42.0 Å². The van der Waals surface area contributed by atoms with Crippen molar-refractivity contribution in [2.24, 2.45) is 0 Å². The van der Waals surface area contributed by atoms with Crippen LogP contribution in [-0.2, 0) is 0 Å². The van der Waals surface area contributed by atoms with E-state index in [1.165, 1.54) is 6.07 Å². The van der Waals surface area contributed by atoms with Gasteiger partial charge in [0, 0.05) is 10.4 Å². The van der Waals surface area contributed by atoms with Crippen LogP contribution in [0.2, 0.25) is 0 Å². The van der Waals surface area contributed by atoms with Gasteiger partial charge in [-0.25, -0.2) is 0 Å². The molecule has 5 heteroatoms. The molecule has 2 aromatic carbocycles. The minimum absolute atomic E-state index is 0.234. The maximum Gasteiger partial charge on any atom is 0.255 e. The predicted molar refractivity (Wildman–Crippen MR) is 88.5 cm³/mol. The van der Waals surface area contributed by atoms with Crippen molar-refractivity contribution in [2.45, 2.75) is 0 Å². The molecule has 0 saturated carbocycles. The molecule has 0 spiro atoms. The number of nitrogens with two attached hydrogens (primary N) is 1. The van der Waals surface area contributed by atoms with Gasteiger partial charge in [-0.1, -0.05) is 24.3 Å². The van der Waals surface area contributed by atoms with Crippen molar-refractivity contribution in [2.75, 3.05) is 11.1 Å². The highest BCUT2D eigenvalue weighted by molar-refractivity contribution is 7.13. The zero-order valence-corrected chi connectivity index (χ0v) is 12.4. The molecule has 0 saturated heterocycles. The summed E-state index contributed by atoms with van der Waals surface area (Å²) in [6, 6.07) is 17.3. The molecule has 0 fully saturated rings. The van der Waals surface area contributed by atoms with Crippen LogP contribution in [0.15, 0.2) is 60.7 Å². The molecule has 3 aromatic rings. The molecule has 1 amide bonds. The zero-order valence-electron chi connectivity index (χ0n) is 11.5. The second kappa shape index (κ2) is 5.99. The molecule has 0 aliphatic rings. The SMILES string of the molecule is Nc1ccc(-c2ccc(F)s2)cc1NC(=O)c1ccccc1. The van der Waals surface area contributed by atoms with E-state index in [-0.39, 0.29) is 11.0 Å². The molecule has 0 atom stereocenters. The molecule has 0 radical (unpaired) electrons. The summed E-state index contributed by atoms with van der Waals surface area (Å²) < 4.78 is 13.1. The summed E-state index contributed by atoms with van der Waals surface area (Å²) in [5, 5.41) is 2.54. The Bertz CT molecular complexity index is 815. The average molecular weight is 312 g/mol. The van der Waals surface area contributed by atoms with Crippen molar-refractivity contribution in [1.29, 1.82) is 0 Å². The molecular weight excluding hydrogens is 299 g/mol. The van der Waals surface area contributed by atoms with Gasteiger partial charge in [0.25, 0.3) is 5.91 Å². The molecule has 110 valence electrons. The van der Waals surface area contributed by atoms with Gasteiger partial charge >= 0.3 is 0 Å². The summed E-state index contributed by atoms with van der Waals surface area (Å²) in [6.07, 6.45) is 0. The van der Waals surface area contributed by atoms with Crippen LogP contribution in [0.25, 0.3) is 10.4 Å². The smallest absolute Gasteiger partial charge is 0.255 e. The Kier molecular flexibility index (Phi) is 3.89. The third-order valence-electron chi connectivity index (χ3n) is 3.20. The number of halogens is 1. The highest BCUT2D eigenvalue weighted by atomic mass is 32.1. The van der Waals surface area contributed by atoms with Crippen LogP contribution in [0.1, 0.15) is 10.4 Å². The number of anilines is 2. The number of thiophene rings is 1. The maximum atomic E-state index is 13.1. The van der Waals surface area contributed by atoms with E-state index in [2.05, 4.69) is 5.32 Å². The Labute approximate surface area is 131 Å². The number of benzene rings is 2. The number of carbonyl (C=O) groups is 1. The lowest BCUT2D eigenvalue weighted by Gasteiger charge is -2.10. The van der Waals surface area contributed by atoms with E-state index in [9.17, 15) is 9.18 Å². The molecule has 0 unspecified atom stereocenters. The third-order valence-corrected chi connectivity index (χ3v) is 4.12. The van der Waals surface area contributed by atoms with Crippen LogP contribution < -0.4 is 11.1 Å². The lowest BCUT2D eigenvalue weighted by molar-refractivity contribution is 0.102. The summed E-state index contributed by atoms with van der Waals surface area (Å²) in [5.41, 5.74) is 8.25. The van der Waals surface area contributed by atoms with E-state index in [1.807, 2.05) is 6.07 Å². The van der Waals surface area contributed by atoms with Crippen molar-refractivity contribution < 1.29 is 9.18 Å². The normalized spacial score (nSPS) is 10.4. The molecule has 3 nitrogen and oxygen atoms in total.